The molecule has 0 aromatic rings. The topological polar surface area (TPSA) is 29.5 Å². The molecule has 3 nitrogen and oxygen atoms in total. The van der Waals surface area contributed by atoms with E-state index < -0.39 is 5.60 Å². The minimum atomic E-state index is -0.413. The second-order valence-electron chi connectivity index (χ2n) is 5.01. The van der Waals surface area contributed by atoms with Gasteiger partial charge in [0, 0.05) is 0 Å². The molecule has 84 valence electrons. The lowest BCUT2D eigenvalue weighted by molar-refractivity contribution is 0.0278. The number of carbonyl (C=O) groups excluding carboxylic acids is 1. The number of ether oxygens (including phenoxy) is 1. The van der Waals surface area contributed by atoms with Crippen molar-refractivity contribution in [1.29, 1.82) is 0 Å². The van der Waals surface area contributed by atoms with Crippen LogP contribution < -0.4 is 0 Å². The van der Waals surface area contributed by atoms with Gasteiger partial charge in [-0.05, 0) is 39.4 Å². The molecule has 1 aliphatic heterocycles. The molecule has 5 heteroatoms. The van der Waals surface area contributed by atoms with E-state index >= 15 is 0 Å². The zero-order chi connectivity index (χ0) is 11.6. The maximum Gasteiger partial charge on any atom is 0.410 e. The summed E-state index contributed by atoms with van der Waals surface area (Å²) in [6.45, 7) is 7.66. The minimum absolute atomic E-state index is 0.191. The van der Waals surface area contributed by atoms with Crippen LogP contribution in [0, 0.1) is 0 Å². The molecular weight excluding hydrogens is 208 g/mol. The van der Waals surface area contributed by atoms with E-state index in [2.05, 4.69) is 8.86 Å². The Hall–Kier alpha value is -0.495. The molecule has 1 heterocycles. The number of hydrogen-bond acceptors (Lipinski definition) is 2. The highest BCUT2D eigenvalue weighted by molar-refractivity contribution is 7.21. The molecular formula is C10H19BNO2P. The van der Waals surface area contributed by atoms with Crippen molar-refractivity contribution in [2.24, 2.45) is 0 Å². The van der Waals surface area contributed by atoms with E-state index in [9.17, 15) is 4.79 Å². The van der Waals surface area contributed by atoms with Crippen molar-refractivity contribution in [3.8, 4) is 0 Å². The van der Waals surface area contributed by atoms with Crippen molar-refractivity contribution in [2.45, 2.75) is 45.7 Å². The summed E-state index contributed by atoms with van der Waals surface area (Å²) < 4.78 is 5.35. The van der Waals surface area contributed by atoms with Crippen LogP contribution in [0.4, 0.5) is 4.79 Å². The summed E-state index contributed by atoms with van der Waals surface area (Å²) >= 11 is 0. The van der Waals surface area contributed by atoms with Gasteiger partial charge >= 0.3 is 6.09 Å². The predicted molar refractivity (Wildman–Crippen MR) is 67.7 cm³/mol. The Morgan fingerprint density at radius 1 is 1.53 bits per heavy atom. The largest absolute Gasteiger partial charge is 0.444 e. The van der Waals surface area contributed by atoms with Gasteiger partial charge in [0.15, 0.2) is 0 Å². The van der Waals surface area contributed by atoms with Gasteiger partial charge in [-0.2, -0.15) is 0 Å². The third-order valence-corrected chi connectivity index (χ3v) is 2.71. The van der Waals surface area contributed by atoms with Gasteiger partial charge in [-0.15, -0.1) is 8.86 Å². The van der Waals surface area contributed by atoms with Crippen LogP contribution in [0.1, 0.15) is 27.7 Å². The second kappa shape index (κ2) is 4.57. The monoisotopic (exact) mass is 227 g/mol. The molecule has 1 fully saturated rings. The Morgan fingerprint density at radius 3 is 2.60 bits per heavy atom. The minimum Gasteiger partial charge on any atom is -0.444 e. The molecule has 0 aromatic heterocycles. The Balaban J connectivity index is 2.63. The van der Waals surface area contributed by atoms with Crippen molar-refractivity contribution in [1.82, 2.24) is 4.90 Å². The molecule has 0 N–H and O–H groups in total. The van der Waals surface area contributed by atoms with Crippen molar-refractivity contribution < 1.29 is 9.53 Å². The fraction of sp³-hybridized carbons (Fsp3) is 0.800. The van der Waals surface area contributed by atoms with Gasteiger partial charge in [0.25, 0.3) is 0 Å². The average Bonchev–Trinajstić information content (AvgIpc) is 2.47. The van der Waals surface area contributed by atoms with Gasteiger partial charge in [0.05, 0.1) is 6.04 Å². The second-order valence-corrected chi connectivity index (χ2v) is 5.80. The Bertz CT molecular complexity index is 275. The summed E-state index contributed by atoms with van der Waals surface area (Å²) in [7, 11) is 4.56. The average molecular weight is 227 g/mol. The first-order valence-corrected chi connectivity index (χ1v) is 5.86. The lowest BCUT2D eigenvalue weighted by Crippen LogP contribution is -2.42. The third-order valence-electron chi connectivity index (χ3n) is 2.38. The first-order chi connectivity index (χ1) is 6.81. The zero-order valence-corrected chi connectivity index (χ0v) is 11.0. The Morgan fingerprint density at radius 2 is 2.13 bits per heavy atom. The van der Waals surface area contributed by atoms with Crippen molar-refractivity contribution in [2.75, 3.05) is 6.44 Å². The van der Waals surface area contributed by atoms with Gasteiger partial charge in [0.2, 0.25) is 0 Å². The van der Waals surface area contributed by atoms with Crippen LogP contribution >= 0.6 is 8.86 Å². The molecule has 1 atom stereocenters. The normalized spacial score (nSPS) is 21.1. The highest BCUT2D eigenvalue weighted by Crippen LogP contribution is 2.19. The van der Waals surface area contributed by atoms with Gasteiger partial charge in [-0.3, -0.25) is 0 Å². The Kier molecular flexibility index (Phi) is 3.83. The Labute approximate surface area is 94.6 Å². The number of hydrogen-bond donors (Lipinski definition) is 0. The van der Waals surface area contributed by atoms with Crippen molar-refractivity contribution in [3.05, 3.63) is 0 Å². The summed E-state index contributed by atoms with van der Waals surface area (Å²) in [5, 5.41) is 1.10. The summed E-state index contributed by atoms with van der Waals surface area (Å²) in [5.74, 6) is 0. The molecule has 1 amide bonds. The quantitative estimate of drug-likeness (QED) is 0.504. The lowest BCUT2D eigenvalue weighted by Gasteiger charge is -2.29. The molecule has 1 rings (SSSR count). The predicted octanol–water partition coefficient (Wildman–Crippen LogP) is 1.75. The van der Waals surface area contributed by atoms with E-state index in [0.717, 1.165) is 25.3 Å². The van der Waals surface area contributed by atoms with E-state index in [1.54, 1.807) is 4.90 Å². The first kappa shape index (κ1) is 12.6. The van der Waals surface area contributed by atoms with Crippen LogP contribution in [-0.2, 0) is 4.74 Å². The highest BCUT2D eigenvalue weighted by atomic mass is 31.0. The fourth-order valence-corrected chi connectivity index (χ4v) is 2.06. The summed E-state index contributed by atoms with van der Waals surface area (Å²) in [6, 6.07) is 0.191. The molecule has 0 saturated carbocycles. The highest BCUT2D eigenvalue weighted by Gasteiger charge is 2.32. The number of nitrogens with zero attached hydrogens (tertiary/aromatic N) is 1. The molecule has 1 saturated heterocycles. The molecule has 0 aliphatic carbocycles. The summed E-state index contributed by atoms with van der Waals surface area (Å²) in [4.78, 5) is 13.6. The van der Waals surface area contributed by atoms with Crippen LogP contribution in [0.15, 0.2) is 0 Å². The molecule has 15 heavy (non-hydrogen) atoms. The summed E-state index contributed by atoms with van der Waals surface area (Å²) in [5.41, 5.74) is -0.413. The molecule has 0 radical (unpaired) electrons. The van der Waals surface area contributed by atoms with Gasteiger partial charge < -0.3 is 9.64 Å². The van der Waals surface area contributed by atoms with E-state index in [-0.39, 0.29) is 12.1 Å². The van der Waals surface area contributed by atoms with Crippen LogP contribution in [0.3, 0.4) is 0 Å². The van der Waals surface area contributed by atoms with Crippen LogP contribution in [0.5, 0.6) is 0 Å². The molecule has 0 spiro atoms. The van der Waals surface area contributed by atoms with Crippen LogP contribution in [-0.4, -0.2) is 41.7 Å². The van der Waals surface area contributed by atoms with E-state index in [4.69, 9.17) is 4.74 Å². The van der Waals surface area contributed by atoms with E-state index in [1.807, 2.05) is 27.7 Å². The lowest BCUT2D eigenvalue weighted by atomic mass is 9.76. The number of rotatable bonds is 1. The van der Waals surface area contributed by atoms with Crippen molar-refractivity contribution >= 4 is 27.5 Å². The van der Waals surface area contributed by atoms with E-state index in [0.29, 0.717) is 0 Å². The SMILES string of the molecule is CC(=P)C1CBCN1C(=O)OC(C)(C)C. The van der Waals surface area contributed by atoms with Crippen LogP contribution in [0.2, 0.25) is 6.32 Å². The molecule has 1 unspecified atom stereocenters. The standard InChI is InChI=1S/C10H19BNO2P/c1-7(15)8-5-11-6-12(8)9(13)14-10(2,3)4/h8,11,15H,5-6H2,1-4H3. The zero-order valence-electron chi connectivity index (χ0n) is 9.96. The maximum absolute atomic E-state index is 11.8. The smallest absolute Gasteiger partial charge is 0.410 e. The number of amides is 1. The summed E-state index contributed by atoms with van der Waals surface area (Å²) in [6.07, 6.45) is 1.61. The maximum atomic E-state index is 11.8. The van der Waals surface area contributed by atoms with Crippen molar-refractivity contribution in [3.63, 3.8) is 0 Å². The van der Waals surface area contributed by atoms with Gasteiger partial charge in [-0.1, -0.05) is 6.32 Å². The van der Waals surface area contributed by atoms with Gasteiger partial charge in [0.1, 0.15) is 12.9 Å². The first-order valence-electron chi connectivity index (χ1n) is 5.36. The molecule has 1 aliphatic rings. The van der Waals surface area contributed by atoms with E-state index in [1.165, 1.54) is 0 Å². The van der Waals surface area contributed by atoms with Crippen LogP contribution in [0.25, 0.3) is 0 Å². The van der Waals surface area contributed by atoms with Gasteiger partial charge in [-0.25, -0.2) is 4.79 Å². The molecule has 0 aromatic carbocycles. The number of carbonyl (C=O) groups is 1. The molecule has 0 bridgehead atoms. The fourth-order valence-electron chi connectivity index (χ4n) is 1.76. The third kappa shape index (κ3) is 3.53.